The summed E-state index contributed by atoms with van der Waals surface area (Å²) in [5, 5.41) is 0. The number of hydrogen-bond donors (Lipinski definition) is 0. The fourth-order valence-electron chi connectivity index (χ4n) is 2.37. The van der Waals surface area contributed by atoms with Crippen LogP contribution in [-0.2, 0) is 20.4 Å². The fourth-order valence-corrected chi connectivity index (χ4v) is 3.81. The van der Waals surface area contributed by atoms with E-state index >= 15 is 0 Å². The van der Waals surface area contributed by atoms with Crippen molar-refractivity contribution in [2.45, 2.75) is 19.4 Å². The van der Waals surface area contributed by atoms with E-state index in [0.717, 1.165) is 5.56 Å². The van der Waals surface area contributed by atoms with Crippen molar-refractivity contribution in [3.8, 4) is 0 Å². The molecule has 0 unspecified atom stereocenters. The van der Waals surface area contributed by atoms with Crippen molar-refractivity contribution in [3.05, 3.63) is 35.9 Å². The summed E-state index contributed by atoms with van der Waals surface area (Å²) in [7, 11) is 1.78. The Hall–Kier alpha value is -1.27. The molecule has 0 bridgehead atoms. The van der Waals surface area contributed by atoms with E-state index in [9.17, 15) is 13.2 Å². The molecule has 7 heteroatoms. The smallest absolute Gasteiger partial charge is 0.410 e. The van der Waals surface area contributed by atoms with Crippen LogP contribution in [0, 0.1) is 5.92 Å². The van der Waals surface area contributed by atoms with E-state index in [0.29, 0.717) is 25.9 Å². The van der Waals surface area contributed by atoms with Crippen molar-refractivity contribution < 1.29 is 17.9 Å². The second-order valence-corrected chi connectivity index (χ2v) is 8.00. The number of ether oxygens (including phenoxy) is 1. The van der Waals surface area contributed by atoms with Gasteiger partial charge in [-0.1, -0.05) is 30.3 Å². The summed E-state index contributed by atoms with van der Waals surface area (Å²) >= 11 is 0. The first-order valence-electron chi connectivity index (χ1n) is 6.82. The van der Waals surface area contributed by atoms with Crippen molar-refractivity contribution in [2.75, 3.05) is 18.8 Å². The van der Waals surface area contributed by atoms with Crippen LogP contribution >= 0.6 is 10.7 Å². The number of rotatable bonds is 4. The molecule has 116 valence electrons. The highest BCUT2D eigenvalue weighted by Gasteiger charge is 2.26. The van der Waals surface area contributed by atoms with Gasteiger partial charge < -0.3 is 9.64 Å². The maximum atomic E-state index is 11.9. The second-order valence-electron chi connectivity index (χ2n) is 5.18. The quantitative estimate of drug-likeness (QED) is 0.795. The van der Waals surface area contributed by atoms with Gasteiger partial charge in [0, 0.05) is 23.8 Å². The van der Waals surface area contributed by atoms with Gasteiger partial charge in [-0.25, -0.2) is 13.2 Å². The van der Waals surface area contributed by atoms with Crippen LogP contribution in [0.5, 0.6) is 0 Å². The number of halogens is 1. The summed E-state index contributed by atoms with van der Waals surface area (Å²) in [5.41, 5.74) is 0.939. The van der Waals surface area contributed by atoms with Crippen LogP contribution in [0.3, 0.4) is 0 Å². The maximum Gasteiger partial charge on any atom is 0.410 e. The van der Waals surface area contributed by atoms with Crippen LogP contribution in [0.1, 0.15) is 18.4 Å². The third-order valence-corrected chi connectivity index (χ3v) is 4.76. The van der Waals surface area contributed by atoms with E-state index in [1.165, 1.54) is 0 Å². The maximum absolute atomic E-state index is 11.9. The highest BCUT2D eigenvalue weighted by molar-refractivity contribution is 8.13. The van der Waals surface area contributed by atoms with Gasteiger partial charge in [-0.2, -0.15) is 0 Å². The number of carbonyl (C=O) groups excluding carboxylic acids is 1. The van der Waals surface area contributed by atoms with E-state index in [-0.39, 0.29) is 24.4 Å². The first-order valence-corrected chi connectivity index (χ1v) is 9.30. The minimum Gasteiger partial charge on any atom is -0.445 e. The summed E-state index contributed by atoms with van der Waals surface area (Å²) in [4.78, 5) is 13.5. The molecule has 0 spiro atoms. The van der Waals surface area contributed by atoms with Gasteiger partial charge in [-0.15, -0.1) is 0 Å². The first-order chi connectivity index (χ1) is 9.94. The van der Waals surface area contributed by atoms with Crippen LogP contribution in [0.2, 0.25) is 0 Å². The molecular formula is C14H18ClNO4S. The van der Waals surface area contributed by atoms with Crippen LogP contribution in [0.25, 0.3) is 0 Å². The lowest BCUT2D eigenvalue weighted by molar-refractivity contribution is 0.0839. The molecule has 0 aromatic heterocycles. The lowest BCUT2D eigenvalue weighted by atomic mass is 9.99. The minimum absolute atomic E-state index is 0.0191. The van der Waals surface area contributed by atoms with Crippen molar-refractivity contribution >= 4 is 25.8 Å². The fraction of sp³-hybridized carbons (Fsp3) is 0.500. The average Bonchev–Trinajstić information content (AvgIpc) is 2.45. The number of carbonyl (C=O) groups is 1. The van der Waals surface area contributed by atoms with Crippen molar-refractivity contribution in [2.24, 2.45) is 5.92 Å². The summed E-state index contributed by atoms with van der Waals surface area (Å²) in [5.74, 6) is -0.00719. The molecule has 0 atom stereocenters. The topological polar surface area (TPSA) is 63.7 Å². The molecule has 1 aromatic carbocycles. The number of amides is 1. The zero-order valence-electron chi connectivity index (χ0n) is 11.6. The number of piperidine rings is 1. The van der Waals surface area contributed by atoms with E-state index in [1.54, 1.807) is 4.90 Å². The SMILES string of the molecule is O=C(OCc1ccccc1)N1CCC(CS(=O)(=O)Cl)CC1. The molecule has 0 radical (unpaired) electrons. The van der Waals surface area contributed by atoms with E-state index in [2.05, 4.69) is 0 Å². The van der Waals surface area contributed by atoms with Gasteiger partial charge in [0.05, 0.1) is 5.75 Å². The molecule has 1 saturated heterocycles. The number of likely N-dealkylation sites (tertiary alicyclic amines) is 1. The first kappa shape index (κ1) is 16.1. The molecule has 1 fully saturated rings. The Morgan fingerprint density at radius 1 is 1.24 bits per heavy atom. The third-order valence-electron chi connectivity index (χ3n) is 3.51. The Kier molecular flexibility index (Phi) is 5.47. The third kappa shape index (κ3) is 5.55. The molecule has 1 aliphatic heterocycles. The van der Waals surface area contributed by atoms with Gasteiger partial charge >= 0.3 is 6.09 Å². The molecule has 0 N–H and O–H groups in total. The highest BCUT2D eigenvalue weighted by atomic mass is 35.7. The predicted molar refractivity (Wildman–Crippen MR) is 80.6 cm³/mol. The van der Waals surface area contributed by atoms with Crippen molar-refractivity contribution in [1.29, 1.82) is 0 Å². The lowest BCUT2D eigenvalue weighted by Crippen LogP contribution is -2.39. The monoisotopic (exact) mass is 331 g/mol. The highest BCUT2D eigenvalue weighted by Crippen LogP contribution is 2.21. The average molecular weight is 332 g/mol. The van der Waals surface area contributed by atoms with E-state index < -0.39 is 9.05 Å². The Labute approximate surface area is 129 Å². The van der Waals surface area contributed by atoms with Crippen molar-refractivity contribution in [3.63, 3.8) is 0 Å². The summed E-state index contributed by atoms with van der Waals surface area (Å²) in [6.45, 7) is 1.26. The number of benzene rings is 1. The van der Waals surface area contributed by atoms with Crippen molar-refractivity contribution in [1.82, 2.24) is 4.90 Å². The summed E-state index contributed by atoms with van der Waals surface area (Å²) < 4.78 is 27.3. The predicted octanol–water partition coefficient (Wildman–Crippen LogP) is 2.60. The molecule has 0 saturated carbocycles. The second kappa shape index (κ2) is 7.13. The van der Waals surface area contributed by atoms with Gasteiger partial charge in [0.1, 0.15) is 6.61 Å². The normalized spacial score (nSPS) is 16.7. The summed E-state index contributed by atoms with van der Waals surface area (Å²) in [6, 6.07) is 9.47. The van der Waals surface area contributed by atoms with E-state index in [4.69, 9.17) is 15.4 Å². The Balaban J connectivity index is 1.75. The van der Waals surface area contributed by atoms with Crippen LogP contribution in [0.15, 0.2) is 30.3 Å². The molecule has 0 aliphatic carbocycles. The zero-order chi connectivity index (χ0) is 15.3. The van der Waals surface area contributed by atoms with E-state index in [1.807, 2.05) is 30.3 Å². The molecule has 1 aliphatic rings. The van der Waals surface area contributed by atoms with Gasteiger partial charge in [-0.05, 0) is 24.3 Å². The standard InChI is InChI=1S/C14H18ClNO4S/c15-21(18,19)11-13-6-8-16(9-7-13)14(17)20-10-12-4-2-1-3-5-12/h1-5,13H,6-11H2. The zero-order valence-corrected chi connectivity index (χ0v) is 13.1. The van der Waals surface area contributed by atoms with Gasteiger partial charge in [-0.3, -0.25) is 0 Å². The largest absolute Gasteiger partial charge is 0.445 e. The Morgan fingerprint density at radius 3 is 2.43 bits per heavy atom. The molecule has 1 aromatic rings. The van der Waals surface area contributed by atoms with Crippen LogP contribution in [0.4, 0.5) is 4.79 Å². The molecular weight excluding hydrogens is 314 g/mol. The van der Waals surface area contributed by atoms with Gasteiger partial charge in [0.15, 0.2) is 0 Å². The minimum atomic E-state index is -3.47. The molecule has 5 nitrogen and oxygen atoms in total. The Morgan fingerprint density at radius 2 is 1.86 bits per heavy atom. The molecule has 21 heavy (non-hydrogen) atoms. The molecule has 1 amide bonds. The summed E-state index contributed by atoms with van der Waals surface area (Å²) in [6.07, 6.45) is 0.907. The number of nitrogens with zero attached hydrogens (tertiary/aromatic N) is 1. The molecule has 1 heterocycles. The van der Waals surface area contributed by atoms with Gasteiger partial charge in [0.2, 0.25) is 9.05 Å². The number of hydrogen-bond acceptors (Lipinski definition) is 4. The van der Waals surface area contributed by atoms with Crippen LogP contribution in [-0.4, -0.2) is 38.3 Å². The Bertz CT molecular complexity index is 568. The van der Waals surface area contributed by atoms with Gasteiger partial charge in [0.25, 0.3) is 0 Å². The lowest BCUT2D eigenvalue weighted by Gasteiger charge is -2.30. The molecule has 2 rings (SSSR count). The van der Waals surface area contributed by atoms with Crippen LogP contribution < -0.4 is 0 Å².